The molecule has 1 aliphatic rings. The van der Waals surface area contributed by atoms with E-state index in [1.165, 1.54) is 0 Å². The van der Waals surface area contributed by atoms with Crippen molar-refractivity contribution in [3.8, 4) is 0 Å². The maximum Gasteiger partial charge on any atom is 0.258 e. The standard InChI is InChI=1S/C79H138Cl2N4O28.H2O/c1-78(2,3)113-68-71(67-69-9-11-70(12-10-69)84-76(87)75-72(80)7-6-8-73(75)81)85-77(88)79(14-4-5-15-79)16-18-83-74(86)13-19-89-21-23-91-25-27-93-29-31-95-33-35-97-37-39-99-41-43-101-45-47-103-49-51-105-53-55-107-57-59-109-61-63-111-65-66-112-64-62-110-60-58-108-56-54-106-52-50-104-48-46-102-44-42-100-40-38-98-36-34-96-32-30-94-28-26-92-24-22-90-20-17-82;/h6-12,71H,4-5,13-68,82H2,1-3H3,(H,83,86)(H,84,87)(H,85,88);1H2/t71-;/m0./s1. The lowest BCUT2D eigenvalue weighted by molar-refractivity contribution is -0.133. The SMILES string of the molecule is CC(C)(C)OC[C@H](Cc1ccc(NC(=O)c2c(Cl)cccc2Cl)cc1)NC(=O)C1(CCNC(=O)CCOCCOCCOCCOCCOCCOCCOCCOCCOCCOCCOCCOCCOCCOCCOCCOCCOCCOCCOCCOCCOCCOCCOCCOCCN)CCCC1.O. The van der Waals surface area contributed by atoms with E-state index in [1.54, 1.807) is 30.3 Å². The van der Waals surface area contributed by atoms with Gasteiger partial charge < -0.3 is 146 Å². The Morgan fingerprint density at radius 1 is 0.395 bits per heavy atom. The van der Waals surface area contributed by atoms with Gasteiger partial charge in [0.05, 0.1) is 356 Å². The lowest BCUT2D eigenvalue weighted by atomic mass is 9.81. The number of hydrogen-bond donors (Lipinski definition) is 4. The summed E-state index contributed by atoms with van der Waals surface area (Å²) in [5, 5.41) is 9.68. The van der Waals surface area contributed by atoms with Gasteiger partial charge in [0, 0.05) is 25.2 Å². The third-order valence-electron chi connectivity index (χ3n) is 16.2. The fourth-order valence-electron chi connectivity index (χ4n) is 10.3. The van der Waals surface area contributed by atoms with Gasteiger partial charge in [0.2, 0.25) is 11.8 Å². The first-order chi connectivity index (χ1) is 55.4. The van der Waals surface area contributed by atoms with Crippen LogP contribution in [0.15, 0.2) is 42.5 Å². The number of ether oxygens (including phenoxy) is 25. The van der Waals surface area contributed by atoms with Crippen molar-refractivity contribution in [3.63, 3.8) is 0 Å². The second-order valence-electron chi connectivity index (χ2n) is 26.4. The van der Waals surface area contributed by atoms with Gasteiger partial charge in [0.25, 0.3) is 5.91 Å². The fraction of sp³-hybridized carbons (Fsp3) is 0.810. The highest BCUT2D eigenvalue weighted by molar-refractivity contribution is 6.40. The predicted octanol–water partition coefficient (Wildman–Crippen LogP) is 5.08. The summed E-state index contributed by atoms with van der Waals surface area (Å²) >= 11 is 12.5. The van der Waals surface area contributed by atoms with Crippen molar-refractivity contribution >= 4 is 46.6 Å². The number of rotatable bonds is 85. The molecule has 0 saturated heterocycles. The fourth-order valence-corrected chi connectivity index (χ4v) is 10.9. The van der Waals surface area contributed by atoms with Crippen LogP contribution in [0, 0.1) is 5.41 Å². The molecule has 0 bridgehead atoms. The van der Waals surface area contributed by atoms with E-state index < -0.39 is 16.9 Å². The minimum absolute atomic E-state index is 0. The van der Waals surface area contributed by atoms with Crippen molar-refractivity contribution in [2.75, 3.05) is 342 Å². The summed E-state index contributed by atoms with van der Waals surface area (Å²) in [7, 11) is 0. The first kappa shape index (κ1) is 106. The van der Waals surface area contributed by atoms with E-state index in [4.69, 9.17) is 147 Å². The molecule has 7 N–H and O–H groups in total. The van der Waals surface area contributed by atoms with E-state index in [1.807, 2.05) is 32.9 Å². The van der Waals surface area contributed by atoms with Crippen molar-refractivity contribution in [3.05, 3.63) is 63.6 Å². The molecule has 114 heavy (non-hydrogen) atoms. The van der Waals surface area contributed by atoms with Crippen LogP contribution in [0.5, 0.6) is 0 Å². The molecule has 3 amide bonds. The number of anilines is 1. The van der Waals surface area contributed by atoms with Crippen LogP contribution >= 0.6 is 23.2 Å². The third-order valence-corrected chi connectivity index (χ3v) is 16.8. The normalized spacial score (nSPS) is 13.1. The van der Waals surface area contributed by atoms with E-state index in [2.05, 4.69) is 16.0 Å². The summed E-state index contributed by atoms with van der Waals surface area (Å²) in [5.74, 6) is -0.571. The van der Waals surface area contributed by atoms with Gasteiger partial charge in [-0.15, -0.1) is 0 Å². The second kappa shape index (κ2) is 77.9. The van der Waals surface area contributed by atoms with Crippen LogP contribution in [0.1, 0.15) is 75.2 Å². The molecule has 2 aromatic carbocycles. The molecule has 0 heterocycles. The lowest BCUT2D eigenvalue weighted by Crippen LogP contribution is -2.49. The first-order valence-corrected chi connectivity index (χ1v) is 40.8. The lowest BCUT2D eigenvalue weighted by Gasteiger charge is -2.32. The van der Waals surface area contributed by atoms with Gasteiger partial charge in [-0.05, 0) is 76.3 Å². The Hall–Kier alpha value is -3.65. The molecule has 1 atom stereocenters. The van der Waals surface area contributed by atoms with Crippen LogP contribution in [0.3, 0.4) is 0 Å². The van der Waals surface area contributed by atoms with Crippen LogP contribution < -0.4 is 21.7 Å². The van der Waals surface area contributed by atoms with Crippen molar-refractivity contribution in [1.29, 1.82) is 0 Å². The highest BCUT2D eigenvalue weighted by Crippen LogP contribution is 2.41. The summed E-state index contributed by atoms with van der Waals surface area (Å²) in [4.78, 5) is 39.8. The van der Waals surface area contributed by atoms with E-state index >= 15 is 0 Å². The first-order valence-electron chi connectivity index (χ1n) is 40.0. The van der Waals surface area contributed by atoms with E-state index in [-0.39, 0.29) is 52.0 Å². The average Bonchev–Trinajstić information content (AvgIpc) is 1.59. The Balaban J connectivity index is 0.0000441. The largest absolute Gasteiger partial charge is 0.412 e. The Bertz CT molecular complexity index is 2470. The molecular formula is C79H140Cl2N4O29. The van der Waals surface area contributed by atoms with Gasteiger partial charge in [0.1, 0.15) is 0 Å². The molecule has 664 valence electrons. The Kier molecular flexibility index (Phi) is 72.7. The quantitative estimate of drug-likeness (QED) is 0.0627. The maximum atomic E-state index is 14.1. The molecule has 0 radical (unpaired) electrons. The number of carbonyl (C=O) groups is 3. The van der Waals surface area contributed by atoms with Crippen LogP contribution in [0.25, 0.3) is 0 Å². The number of benzene rings is 2. The van der Waals surface area contributed by atoms with Crippen LogP contribution in [0.4, 0.5) is 5.69 Å². The molecule has 1 saturated carbocycles. The summed E-state index contributed by atoms with van der Waals surface area (Å²) in [6.45, 7) is 29.6. The van der Waals surface area contributed by atoms with E-state index in [9.17, 15) is 14.4 Å². The monoisotopic (exact) mass is 1680 g/mol. The Morgan fingerprint density at radius 3 is 0.921 bits per heavy atom. The molecule has 2 aromatic rings. The molecule has 0 unspecified atom stereocenters. The number of hydrogen-bond acceptors (Lipinski definition) is 29. The number of amides is 3. The molecule has 0 spiro atoms. The van der Waals surface area contributed by atoms with Gasteiger partial charge in [0.15, 0.2) is 0 Å². The highest BCUT2D eigenvalue weighted by Gasteiger charge is 2.41. The minimum Gasteiger partial charge on any atom is -0.412 e. The van der Waals surface area contributed by atoms with Crippen molar-refractivity contribution < 1.29 is 138 Å². The van der Waals surface area contributed by atoms with E-state index in [0.29, 0.717) is 349 Å². The number of nitrogens with one attached hydrogen (secondary N) is 3. The second-order valence-corrected chi connectivity index (χ2v) is 27.2. The van der Waals surface area contributed by atoms with Crippen molar-refractivity contribution in [2.24, 2.45) is 11.1 Å². The topological polar surface area (TPSA) is 376 Å². The number of halogens is 2. The Morgan fingerprint density at radius 2 is 0.658 bits per heavy atom. The predicted molar refractivity (Wildman–Crippen MR) is 428 cm³/mol. The zero-order chi connectivity index (χ0) is 81.0. The van der Waals surface area contributed by atoms with Gasteiger partial charge in [-0.2, -0.15) is 0 Å². The summed E-state index contributed by atoms with van der Waals surface area (Å²) in [6.07, 6.45) is 4.62. The maximum absolute atomic E-state index is 14.1. The van der Waals surface area contributed by atoms with Crippen molar-refractivity contribution in [2.45, 2.75) is 77.4 Å². The van der Waals surface area contributed by atoms with Crippen LogP contribution in [-0.2, 0) is 134 Å². The molecular weight excluding hydrogens is 1540 g/mol. The minimum atomic E-state index is -0.590. The third kappa shape index (κ3) is 64.3. The highest BCUT2D eigenvalue weighted by atomic mass is 35.5. The zero-order valence-electron chi connectivity index (χ0n) is 68.4. The van der Waals surface area contributed by atoms with Gasteiger partial charge in [-0.25, -0.2) is 0 Å². The van der Waals surface area contributed by atoms with Gasteiger partial charge >= 0.3 is 0 Å². The Labute approximate surface area is 686 Å². The molecule has 35 heteroatoms. The average molecular weight is 1680 g/mol. The summed E-state index contributed by atoms with van der Waals surface area (Å²) in [6, 6.07) is 12.0. The number of carbonyl (C=O) groups excluding carboxylic acids is 3. The van der Waals surface area contributed by atoms with E-state index in [0.717, 1.165) is 31.2 Å². The molecule has 1 fully saturated rings. The number of nitrogens with two attached hydrogens (primary N) is 1. The van der Waals surface area contributed by atoms with Gasteiger partial charge in [-0.1, -0.05) is 54.2 Å². The smallest absolute Gasteiger partial charge is 0.258 e. The van der Waals surface area contributed by atoms with Crippen LogP contribution in [-0.4, -0.2) is 372 Å². The van der Waals surface area contributed by atoms with Gasteiger partial charge in [-0.3, -0.25) is 14.4 Å². The zero-order valence-corrected chi connectivity index (χ0v) is 69.9. The summed E-state index contributed by atoms with van der Waals surface area (Å²) < 4.78 is 139. The van der Waals surface area contributed by atoms with Crippen LogP contribution in [0.2, 0.25) is 10.0 Å². The van der Waals surface area contributed by atoms with Crippen molar-refractivity contribution in [1.82, 2.24) is 10.6 Å². The molecule has 1 aliphatic carbocycles. The molecule has 0 aliphatic heterocycles. The molecule has 0 aromatic heterocycles. The molecule has 3 rings (SSSR count). The molecule has 33 nitrogen and oxygen atoms in total. The summed E-state index contributed by atoms with van der Waals surface area (Å²) in [5.41, 5.74) is 6.09.